The number of nitrogens with one attached hydrogen (secondary N) is 1. The molecule has 0 bridgehead atoms. The second-order valence-corrected chi connectivity index (χ2v) is 4.51. The van der Waals surface area contributed by atoms with Gasteiger partial charge in [0, 0.05) is 6.42 Å². The van der Waals surface area contributed by atoms with Crippen LogP contribution in [0.3, 0.4) is 0 Å². The van der Waals surface area contributed by atoms with Crippen LogP contribution < -0.4 is 16.8 Å². The molecule has 0 saturated heterocycles. The second kappa shape index (κ2) is 9.68. The number of hydrogen-bond acceptors (Lipinski definition) is 6. The van der Waals surface area contributed by atoms with Gasteiger partial charge >= 0.3 is 17.9 Å². The van der Waals surface area contributed by atoms with Gasteiger partial charge in [-0.1, -0.05) is 0 Å². The molecular weight excluding hydrogens is 298 g/mol. The minimum atomic E-state index is -2.36. The molecule has 3 atom stereocenters. The lowest BCUT2D eigenvalue weighted by Gasteiger charge is -2.15. The highest BCUT2D eigenvalue weighted by Crippen LogP contribution is 2.05. The molecule has 0 aliphatic rings. The molecule has 0 saturated carbocycles. The van der Waals surface area contributed by atoms with Gasteiger partial charge in [0.25, 0.3) is 0 Å². The molecule has 0 spiro atoms. The summed E-state index contributed by atoms with van der Waals surface area (Å²) in [5.74, 6) is -5.36. The summed E-state index contributed by atoms with van der Waals surface area (Å²) >= 11 is 0. The lowest BCUT2D eigenvalue weighted by Crippen LogP contribution is -2.42. The molecule has 10 nitrogen and oxygen atoms in total. The standard InChI is InChI=1S/C12H21N3O7/c13-6(10(17)18)2-1-3-8(12(21)22)15-9(16)5-4-7(14)11(19)20/h6-8H,1-5,13-14H2,(H,15,16)(H,17,18)(H,19,20)(H,21,22)/t6-,7-,8+/m1/s1/i6D,7D. The van der Waals surface area contributed by atoms with Crippen LogP contribution >= 0.6 is 0 Å². The van der Waals surface area contributed by atoms with Crippen molar-refractivity contribution in [1.29, 1.82) is 0 Å². The monoisotopic (exact) mass is 321 g/mol. The number of hydrogen-bond donors (Lipinski definition) is 6. The zero-order chi connectivity index (χ0) is 19.1. The fourth-order valence-corrected chi connectivity index (χ4v) is 1.48. The number of carboxylic acids is 3. The summed E-state index contributed by atoms with van der Waals surface area (Å²) in [6.07, 6.45) is -1.51. The van der Waals surface area contributed by atoms with Crippen molar-refractivity contribution in [2.24, 2.45) is 11.5 Å². The van der Waals surface area contributed by atoms with Crippen LogP contribution in [0, 0.1) is 0 Å². The molecule has 0 radical (unpaired) electrons. The predicted molar refractivity (Wildman–Crippen MR) is 73.9 cm³/mol. The Kier molecular flexibility index (Phi) is 7.12. The van der Waals surface area contributed by atoms with Gasteiger partial charge in [-0.2, -0.15) is 0 Å². The lowest BCUT2D eigenvalue weighted by atomic mass is 10.1. The molecule has 0 aromatic carbocycles. The third-order valence-corrected chi connectivity index (χ3v) is 2.74. The largest absolute Gasteiger partial charge is 0.480 e. The topological polar surface area (TPSA) is 193 Å². The highest BCUT2D eigenvalue weighted by atomic mass is 16.4. The zero-order valence-electron chi connectivity index (χ0n) is 13.7. The maximum atomic E-state index is 11.6. The number of aliphatic carboxylic acids is 3. The molecule has 10 heteroatoms. The normalized spacial score (nSPS) is 18.8. The van der Waals surface area contributed by atoms with E-state index >= 15 is 0 Å². The van der Waals surface area contributed by atoms with Crippen LogP contribution in [-0.4, -0.2) is 57.2 Å². The Balaban J connectivity index is 4.49. The van der Waals surface area contributed by atoms with E-state index in [1.807, 2.05) is 0 Å². The maximum Gasteiger partial charge on any atom is 0.326 e. The predicted octanol–water partition coefficient (Wildman–Crippen LogP) is -1.67. The Morgan fingerprint density at radius 1 is 0.909 bits per heavy atom. The summed E-state index contributed by atoms with van der Waals surface area (Å²) in [6, 6.07) is -5.97. The zero-order valence-corrected chi connectivity index (χ0v) is 11.7. The molecular formula is C12H21N3O7. The Morgan fingerprint density at radius 2 is 1.41 bits per heavy atom. The average molecular weight is 321 g/mol. The van der Waals surface area contributed by atoms with Crippen molar-refractivity contribution in [2.75, 3.05) is 0 Å². The van der Waals surface area contributed by atoms with E-state index in [4.69, 9.17) is 29.5 Å². The van der Waals surface area contributed by atoms with Gasteiger partial charge in [-0.25, -0.2) is 4.79 Å². The number of carboxylic acid groups (broad SMARTS) is 3. The van der Waals surface area contributed by atoms with Crippen molar-refractivity contribution in [3.8, 4) is 0 Å². The number of rotatable bonds is 11. The Bertz CT molecular complexity index is 511. The van der Waals surface area contributed by atoms with E-state index in [1.165, 1.54) is 0 Å². The van der Waals surface area contributed by atoms with Gasteiger partial charge in [0.15, 0.2) is 0 Å². The molecule has 8 N–H and O–H groups in total. The third kappa shape index (κ3) is 8.17. The molecule has 0 aromatic heterocycles. The smallest absolute Gasteiger partial charge is 0.326 e. The number of nitrogens with two attached hydrogens (primary N) is 2. The minimum absolute atomic E-state index is 0.0437. The second-order valence-electron chi connectivity index (χ2n) is 4.51. The Morgan fingerprint density at radius 3 is 1.86 bits per heavy atom. The van der Waals surface area contributed by atoms with E-state index in [0.717, 1.165) is 0 Å². The molecule has 0 unspecified atom stereocenters. The summed E-state index contributed by atoms with van der Waals surface area (Å²) < 4.78 is 14.6. The van der Waals surface area contributed by atoms with E-state index in [2.05, 4.69) is 5.32 Å². The molecule has 0 fully saturated rings. The molecule has 0 heterocycles. The van der Waals surface area contributed by atoms with Crippen LogP contribution in [0.1, 0.15) is 34.8 Å². The van der Waals surface area contributed by atoms with Crippen molar-refractivity contribution >= 4 is 23.8 Å². The SMILES string of the molecule is [2H][C@@](N)(CCC[C@H](NC(=O)CC[C@@]([2H])(N)C(=O)O)C(=O)O)C(=O)O. The van der Waals surface area contributed by atoms with Crippen LogP contribution in [0.4, 0.5) is 0 Å². The van der Waals surface area contributed by atoms with Gasteiger partial charge in [-0.15, -0.1) is 0 Å². The fourth-order valence-electron chi connectivity index (χ4n) is 1.48. The molecule has 0 aromatic rings. The number of carbonyl (C=O) groups excluding carboxylic acids is 1. The van der Waals surface area contributed by atoms with E-state index in [-0.39, 0.29) is 19.3 Å². The first kappa shape index (κ1) is 16.2. The number of amides is 1. The molecule has 1 amide bonds. The van der Waals surface area contributed by atoms with Crippen LogP contribution in [0.2, 0.25) is 0 Å². The van der Waals surface area contributed by atoms with Crippen molar-refractivity contribution in [2.45, 2.75) is 50.2 Å². The van der Waals surface area contributed by atoms with Crippen LogP contribution in [-0.2, 0) is 19.2 Å². The molecule has 0 aliphatic heterocycles. The Labute approximate surface area is 129 Å². The van der Waals surface area contributed by atoms with E-state index in [0.29, 0.717) is 0 Å². The first-order valence-corrected chi connectivity index (χ1v) is 6.36. The summed E-state index contributed by atoms with van der Waals surface area (Å²) in [7, 11) is 0. The van der Waals surface area contributed by atoms with Gasteiger partial charge in [0.2, 0.25) is 5.91 Å². The van der Waals surface area contributed by atoms with Gasteiger partial charge in [0.1, 0.15) is 18.1 Å². The molecule has 0 rings (SSSR count). The maximum absolute atomic E-state index is 11.6. The molecule has 126 valence electrons. The highest BCUT2D eigenvalue weighted by molar-refractivity contribution is 5.84. The minimum Gasteiger partial charge on any atom is -0.480 e. The van der Waals surface area contributed by atoms with Crippen LogP contribution in [0.25, 0.3) is 0 Å². The summed E-state index contributed by atoms with van der Waals surface area (Å²) in [6.45, 7) is 0. The van der Waals surface area contributed by atoms with Gasteiger partial charge < -0.3 is 32.1 Å². The molecule has 22 heavy (non-hydrogen) atoms. The van der Waals surface area contributed by atoms with Crippen molar-refractivity contribution in [1.82, 2.24) is 5.32 Å². The first-order valence-electron chi connectivity index (χ1n) is 7.36. The van der Waals surface area contributed by atoms with Crippen LogP contribution in [0.5, 0.6) is 0 Å². The summed E-state index contributed by atoms with van der Waals surface area (Å²) in [5.41, 5.74) is 10.3. The summed E-state index contributed by atoms with van der Waals surface area (Å²) in [4.78, 5) is 44.0. The molecule has 0 aliphatic carbocycles. The van der Waals surface area contributed by atoms with E-state index < -0.39 is 54.7 Å². The Hall–Kier alpha value is -2.20. The third-order valence-electron chi connectivity index (χ3n) is 2.74. The quantitative estimate of drug-likeness (QED) is 0.258. The average Bonchev–Trinajstić information content (AvgIpc) is 2.43. The van der Waals surface area contributed by atoms with Crippen molar-refractivity contribution in [3.63, 3.8) is 0 Å². The number of carbonyl (C=O) groups is 4. The summed E-state index contributed by atoms with van der Waals surface area (Å²) in [5, 5.41) is 28.5. The van der Waals surface area contributed by atoms with Crippen molar-refractivity contribution in [3.05, 3.63) is 0 Å². The highest BCUT2D eigenvalue weighted by Gasteiger charge is 2.22. The lowest BCUT2D eigenvalue weighted by molar-refractivity contribution is -0.142. The van der Waals surface area contributed by atoms with E-state index in [1.54, 1.807) is 0 Å². The first-order chi connectivity index (χ1) is 10.8. The van der Waals surface area contributed by atoms with Crippen LogP contribution in [0.15, 0.2) is 0 Å². The van der Waals surface area contributed by atoms with Gasteiger partial charge in [-0.05, 0) is 25.7 Å². The fraction of sp³-hybridized carbons (Fsp3) is 0.667. The van der Waals surface area contributed by atoms with E-state index in [9.17, 15) is 19.2 Å². The van der Waals surface area contributed by atoms with Gasteiger partial charge in [-0.3, -0.25) is 14.4 Å². The van der Waals surface area contributed by atoms with Crippen molar-refractivity contribution < 1.29 is 37.2 Å². The van der Waals surface area contributed by atoms with Gasteiger partial charge in [0.05, 0.1) is 2.74 Å².